The number of hydrogen-bond acceptors (Lipinski definition) is 4. The van der Waals surface area contributed by atoms with Crippen molar-refractivity contribution >= 4 is 6.08 Å². The van der Waals surface area contributed by atoms with Gasteiger partial charge in [0.05, 0.1) is 18.5 Å². The second-order valence-electron chi connectivity index (χ2n) is 5.10. The van der Waals surface area contributed by atoms with Crippen molar-refractivity contribution in [3.05, 3.63) is 66.5 Å². The SMILES string of the molecule is C=Cc1ccc(-c2ncccc2-c2ccnc(OC)n2)cc1C. The Labute approximate surface area is 135 Å². The number of benzene rings is 1. The fourth-order valence-electron chi connectivity index (χ4n) is 2.48. The molecule has 0 atom stereocenters. The highest BCUT2D eigenvalue weighted by molar-refractivity contribution is 5.79. The Hall–Kier alpha value is -3.01. The predicted molar refractivity (Wildman–Crippen MR) is 92.1 cm³/mol. The van der Waals surface area contributed by atoms with Crippen molar-refractivity contribution in [3.8, 4) is 28.5 Å². The van der Waals surface area contributed by atoms with Gasteiger partial charge < -0.3 is 4.74 Å². The van der Waals surface area contributed by atoms with Crippen LogP contribution >= 0.6 is 0 Å². The minimum Gasteiger partial charge on any atom is -0.467 e. The van der Waals surface area contributed by atoms with Crippen molar-refractivity contribution in [2.75, 3.05) is 7.11 Å². The lowest BCUT2D eigenvalue weighted by Crippen LogP contribution is -1.96. The summed E-state index contributed by atoms with van der Waals surface area (Å²) in [5, 5.41) is 0. The summed E-state index contributed by atoms with van der Waals surface area (Å²) in [6, 6.07) is 12.3. The Morgan fingerprint density at radius 1 is 1.09 bits per heavy atom. The minimum atomic E-state index is 0.343. The molecule has 3 aromatic rings. The molecule has 0 bridgehead atoms. The van der Waals surface area contributed by atoms with Crippen LogP contribution in [0, 0.1) is 6.92 Å². The lowest BCUT2D eigenvalue weighted by molar-refractivity contribution is 0.380. The molecule has 3 rings (SSSR count). The van der Waals surface area contributed by atoms with E-state index in [0.717, 1.165) is 33.6 Å². The molecule has 2 aromatic heterocycles. The Bertz CT molecular complexity index is 859. The second-order valence-corrected chi connectivity index (χ2v) is 5.10. The number of ether oxygens (including phenoxy) is 1. The fourth-order valence-corrected chi connectivity index (χ4v) is 2.48. The second kappa shape index (κ2) is 6.40. The topological polar surface area (TPSA) is 47.9 Å². The fraction of sp³-hybridized carbons (Fsp3) is 0.105. The van der Waals surface area contributed by atoms with Crippen LogP contribution in [0.1, 0.15) is 11.1 Å². The maximum atomic E-state index is 5.12. The van der Waals surface area contributed by atoms with Gasteiger partial charge in [0.25, 0.3) is 0 Å². The van der Waals surface area contributed by atoms with Gasteiger partial charge in [0.1, 0.15) is 0 Å². The van der Waals surface area contributed by atoms with Gasteiger partial charge in [0.15, 0.2) is 0 Å². The van der Waals surface area contributed by atoms with Crippen molar-refractivity contribution < 1.29 is 4.74 Å². The third-order valence-electron chi connectivity index (χ3n) is 3.66. The van der Waals surface area contributed by atoms with Gasteiger partial charge in [-0.25, -0.2) is 4.98 Å². The van der Waals surface area contributed by atoms with E-state index < -0.39 is 0 Å². The quantitative estimate of drug-likeness (QED) is 0.726. The van der Waals surface area contributed by atoms with Gasteiger partial charge in [-0.15, -0.1) is 0 Å². The van der Waals surface area contributed by atoms with E-state index in [0.29, 0.717) is 6.01 Å². The van der Waals surface area contributed by atoms with Crippen LogP contribution in [0.4, 0.5) is 0 Å². The Kier molecular flexibility index (Phi) is 4.15. The molecule has 114 valence electrons. The molecular weight excluding hydrogens is 286 g/mol. The van der Waals surface area contributed by atoms with Gasteiger partial charge in [-0.05, 0) is 42.3 Å². The standard InChI is InChI=1S/C19H17N3O/c1-4-14-7-8-15(12-13(14)2)18-16(6-5-10-20-18)17-9-11-21-19(22-17)23-3/h4-12H,1H2,2-3H3. The molecular formula is C19H17N3O. The highest BCUT2D eigenvalue weighted by Crippen LogP contribution is 2.30. The Morgan fingerprint density at radius 3 is 2.70 bits per heavy atom. The van der Waals surface area contributed by atoms with Gasteiger partial charge in [0, 0.05) is 23.5 Å². The lowest BCUT2D eigenvalue weighted by Gasteiger charge is -2.10. The summed E-state index contributed by atoms with van der Waals surface area (Å²) in [6.45, 7) is 5.90. The smallest absolute Gasteiger partial charge is 0.316 e. The minimum absolute atomic E-state index is 0.343. The molecule has 0 fully saturated rings. The van der Waals surface area contributed by atoms with Crippen LogP contribution in [0.25, 0.3) is 28.6 Å². The highest BCUT2D eigenvalue weighted by atomic mass is 16.5. The van der Waals surface area contributed by atoms with Crippen LogP contribution in [0.3, 0.4) is 0 Å². The maximum absolute atomic E-state index is 5.12. The van der Waals surface area contributed by atoms with Crippen LogP contribution in [-0.2, 0) is 0 Å². The highest BCUT2D eigenvalue weighted by Gasteiger charge is 2.11. The van der Waals surface area contributed by atoms with Crippen molar-refractivity contribution in [1.82, 2.24) is 15.0 Å². The monoisotopic (exact) mass is 303 g/mol. The van der Waals surface area contributed by atoms with Crippen LogP contribution in [0.2, 0.25) is 0 Å². The van der Waals surface area contributed by atoms with Gasteiger partial charge in [-0.1, -0.05) is 24.8 Å². The summed E-state index contributed by atoms with van der Waals surface area (Å²) in [5.74, 6) is 0. The number of aromatic nitrogens is 3. The van der Waals surface area contributed by atoms with Gasteiger partial charge in [-0.2, -0.15) is 4.98 Å². The molecule has 0 unspecified atom stereocenters. The number of hydrogen-bond donors (Lipinski definition) is 0. The van der Waals surface area contributed by atoms with E-state index in [-0.39, 0.29) is 0 Å². The number of nitrogens with zero attached hydrogens (tertiary/aromatic N) is 3. The molecule has 0 aliphatic rings. The van der Waals surface area contributed by atoms with E-state index in [1.54, 1.807) is 19.5 Å². The molecule has 0 saturated carbocycles. The van der Waals surface area contributed by atoms with Gasteiger partial charge >= 0.3 is 6.01 Å². The molecule has 2 heterocycles. The molecule has 0 saturated heterocycles. The van der Waals surface area contributed by atoms with E-state index >= 15 is 0 Å². The van der Waals surface area contributed by atoms with Crippen LogP contribution in [0.15, 0.2) is 55.4 Å². The normalized spacial score (nSPS) is 10.3. The van der Waals surface area contributed by atoms with Crippen molar-refractivity contribution in [2.24, 2.45) is 0 Å². The van der Waals surface area contributed by atoms with Crippen molar-refractivity contribution in [1.29, 1.82) is 0 Å². The van der Waals surface area contributed by atoms with Crippen LogP contribution in [0.5, 0.6) is 6.01 Å². The third kappa shape index (κ3) is 2.97. The van der Waals surface area contributed by atoms with E-state index in [4.69, 9.17) is 4.74 Å². The average molecular weight is 303 g/mol. The van der Waals surface area contributed by atoms with E-state index in [1.807, 2.05) is 30.3 Å². The van der Waals surface area contributed by atoms with E-state index in [9.17, 15) is 0 Å². The summed E-state index contributed by atoms with van der Waals surface area (Å²) in [5.41, 5.74) is 5.93. The summed E-state index contributed by atoms with van der Waals surface area (Å²) in [4.78, 5) is 13.0. The van der Waals surface area contributed by atoms with Gasteiger partial charge in [-0.3, -0.25) is 4.98 Å². The van der Waals surface area contributed by atoms with Crippen LogP contribution in [-0.4, -0.2) is 22.1 Å². The largest absolute Gasteiger partial charge is 0.467 e. The number of pyridine rings is 1. The molecule has 4 heteroatoms. The third-order valence-corrected chi connectivity index (χ3v) is 3.66. The Morgan fingerprint density at radius 2 is 1.96 bits per heavy atom. The van der Waals surface area contributed by atoms with Crippen molar-refractivity contribution in [2.45, 2.75) is 6.92 Å². The predicted octanol–water partition coefficient (Wildman–Crippen LogP) is 4.17. The van der Waals surface area contributed by atoms with E-state index in [2.05, 4.69) is 40.6 Å². The zero-order valence-corrected chi connectivity index (χ0v) is 13.2. The first-order chi connectivity index (χ1) is 11.2. The lowest BCUT2D eigenvalue weighted by atomic mass is 9.99. The first-order valence-electron chi connectivity index (χ1n) is 7.29. The van der Waals surface area contributed by atoms with Crippen molar-refractivity contribution in [3.63, 3.8) is 0 Å². The van der Waals surface area contributed by atoms with Crippen LogP contribution < -0.4 is 4.74 Å². The number of aryl methyl sites for hydroxylation is 1. The van der Waals surface area contributed by atoms with Gasteiger partial charge in [0.2, 0.25) is 0 Å². The summed E-state index contributed by atoms with van der Waals surface area (Å²) in [6.07, 6.45) is 5.33. The number of rotatable bonds is 4. The van der Waals surface area contributed by atoms with E-state index in [1.165, 1.54) is 0 Å². The Balaban J connectivity index is 2.14. The molecule has 23 heavy (non-hydrogen) atoms. The number of methoxy groups -OCH3 is 1. The first kappa shape index (κ1) is 14.9. The molecule has 0 amide bonds. The molecule has 4 nitrogen and oxygen atoms in total. The summed E-state index contributed by atoms with van der Waals surface area (Å²) >= 11 is 0. The zero-order valence-electron chi connectivity index (χ0n) is 13.2. The molecule has 0 aliphatic heterocycles. The molecule has 0 radical (unpaired) electrons. The average Bonchev–Trinajstić information content (AvgIpc) is 2.61. The summed E-state index contributed by atoms with van der Waals surface area (Å²) < 4.78 is 5.12. The summed E-state index contributed by atoms with van der Waals surface area (Å²) in [7, 11) is 1.56. The molecule has 1 aromatic carbocycles. The first-order valence-corrected chi connectivity index (χ1v) is 7.29. The molecule has 0 N–H and O–H groups in total. The maximum Gasteiger partial charge on any atom is 0.316 e. The molecule has 0 spiro atoms. The molecule has 0 aliphatic carbocycles. The zero-order chi connectivity index (χ0) is 16.2.